The number of aromatic nitrogens is 2. The number of nitrogens with zero attached hydrogens (tertiary/aromatic N) is 3. The van der Waals surface area contributed by atoms with Crippen LogP contribution in [0.2, 0.25) is 0 Å². The highest BCUT2D eigenvalue weighted by Crippen LogP contribution is 2.38. The number of hydrogen-bond donors (Lipinski definition) is 3. The highest BCUT2D eigenvalue weighted by atomic mass is 16.7. The molecule has 1 saturated heterocycles. The molecule has 5 rings (SSSR count). The lowest BCUT2D eigenvalue weighted by atomic mass is 9.80. The Balaban J connectivity index is 1.20. The first-order chi connectivity index (χ1) is 21.9. The number of rotatable bonds is 13. The van der Waals surface area contributed by atoms with Crippen molar-refractivity contribution in [3.8, 4) is 17.0 Å². The molecule has 2 atom stereocenters. The second-order valence-electron chi connectivity index (χ2n) is 11.5. The zero-order chi connectivity index (χ0) is 31.6. The normalized spacial score (nSPS) is 21.5. The Hall–Kier alpha value is -3.97. The molecule has 0 spiro atoms. The minimum Gasteiger partial charge on any atom is -0.507 e. The van der Waals surface area contributed by atoms with Gasteiger partial charge in [0.15, 0.2) is 0 Å². The molecule has 1 aromatic heterocycles. The van der Waals surface area contributed by atoms with Gasteiger partial charge in [-0.15, -0.1) is 0 Å². The average Bonchev–Trinajstić information content (AvgIpc) is 3.47. The Morgan fingerprint density at radius 3 is 2.31 bits per heavy atom. The van der Waals surface area contributed by atoms with Gasteiger partial charge in [0.25, 0.3) is 0 Å². The second-order valence-corrected chi connectivity index (χ2v) is 11.5. The van der Waals surface area contributed by atoms with Crippen LogP contribution >= 0.6 is 0 Å². The molecular weight excluding hydrogens is 578 g/mol. The number of nitrogen functional groups attached to an aromatic ring is 1. The van der Waals surface area contributed by atoms with Crippen molar-refractivity contribution in [2.24, 2.45) is 5.92 Å². The van der Waals surface area contributed by atoms with Crippen LogP contribution < -0.4 is 16.0 Å². The molecule has 3 aromatic rings. The van der Waals surface area contributed by atoms with E-state index in [1.165, 1.54) is 0 Å². The largest absolute Gasteiger partial charge is 0.507 e. The molecule has 1 aliphatic carbocycles. The first-order valence-electron chi connectivity index (χ1n) is 15.3. The number of carbonyl (C=O) groups excluding carboxylic acids is 1. The van der Waals surface area contributed by atoms with Crippen molar-refractivity contribution in [3.63, 3.8) is 0 Å². The van der Waals surface area contributed by atoms with Crippen LogP contribution in [0.5, 0.6) is 5.75 Å². The van der Waals surface area contributed by atoms with Crippen LogP contribution in [-0.4, -0.2) is 80.8 Å². The molecule has 0 radical (unpaired) electrons. The van der Waals surface area contributed by atoms with Gasteiger partial charge in [0, 0.05) is 56.7 Å². The van der Waals surface area contributed by atoms with Crippen molar-refractivity contribution in [1.82, 2.24) is 15.3 Å². The maximum Gasteiger partial charge on any atom is 0.407 e. The molecule has 2 heterocycles. The minimum absolute atomic E-state index is 0.107. The Morgan fingerprint density at radius 1 is 0.956 bits per heavy atom. The minimum atomic E-state index is -0.402. The summed E-state index contributed by atoms with van der Waals surface area (Å²) in [6, 6.07) is 17.0. The van der Waals surface area contributed by atoms with E-state index in [0.29, 0.717) is 36.8 Å². The van der Waals surface area contributed by atoms with Crippen molar-refractivity contribution in [2.45, 2.75) is 50.4 Å². The number of hydrogen-bond acceptors (Lipinski definition) is 11. The third-order valence-corrected chi connectivity index (χ3v) is 8.41. The summed E-state index contributed by atoms with van der Waals surface area (Å²) in [5.41, 5.74) is 10.0. The van der Waals surface area contributed by atoms with E-state index in [4.69, 9.17) is 29.4 Å². The summed E-state index contributed by atoms with van der Waals surface area (Å²) in [4.78, 5) is 23.4. The average molecular weight is 622 g/mol. The first kappa shape index (κ1) is 32.4. The molecule has 1 saturated carbocycles. The van der Waals surface area contributed by atoms with Crippen molar-refractivity contribution in [3.05, 3.63) is 65.9 Å². The number of phenolic OH excluding ortho intramolecular Hbond substituents is 1. The fraction of sp³-hybridized carbons (Fsp3) is 0.485. The number of benzene rings is 2. The predicted molar refractivity (Wildman–Crippen MR) is 169 cm³/mol. The maximum absolute atomic E-state index is 12.2. The van der Waals surface area contributed by atoms with Crippen molar-refractivity contribution >= 4 is 17.7 Å². The molecule has 1 aliphatic heterocycles. The van der Waals surface area contributed by atoms with Crippen LogP contribution in [0.15, 0.2) is 54.6 Å². The van der Waals surface area contributed by atoms with E-state index in [0.717, 1.165) is 42.6 Å². The van der Waals surface area contributed by atoms with E-state index in [9.17, 15) is 9.90 Å². The smallest absolute Gasteiger partial charge is 0.407 e. The molecule has 2 fully saturated rings. The summed E-state index contributed by atoms with van der Waals surface area (Å²) in [6.45, 7) is 2.32. The number of carbonyl (C=O) groups is 1. The first-order valence-corrected chi connectivity index (χ1v) is 15.3. The lowest BCUT2D eigenvalue weighted by Gasteiger charge is -2.28. The summed E-state index contributed by atoms with van der Waals surface area (Å²) in [5.74, 6) is 0.838. The van der Waals surface area contributed by atoms with Gasteiger partial charge in [-0.05, 0) is 61.4 Å². The number of anilines is 2. The molecule has 45 heavy (non-hydrogen) atoms. The third-order valence-electron chi connectivity index (χ3n) is 8.41. The van der Waals surface area contributed by atoms with E-state index in [-0.39, 0.29) is 50.0 Å². The molecule has 2 aromatic carbocycles. The van der Waals surface area contributed by atoms with E-state index in [2.05, 4.69) is 20.2 Å². The number of nitrogens with two attached hydrogens (primary N) is 1. The molecule has 12 nitrogen and oxygen atoms in total. The predicted octanol–water partition coefficient (Wildman–Crippen LogP) is 4.43. The van der Waals surface area contributed by atoms with E-state index in [1.54, 1.807) is 20.3 Å². The number of aromatic hydroxyl groups is 1. The van der Waals surface area contributed by atoms with Gasteiger partial charge in [-0.3, -0.25) is 0 Å². The van der Waals surface area contributed by atoms with Crippen LogP contribution in [0, 0.1) is 5.92 Å². The van der Waals surface area contributed by atoms with Gasteiger partial charge in [-0.2, -0.15) is 0 Å². The highest BCUT2D eigenvalue weighted by Gasteiger charge is 2.35. The van der Waals surface area contributed by atoms with Gasteiger partial charge < -0.3 is 44.7 Å². The monoisotopic (exact) mass is 621 g/mol. The quantitative estimate of drug-likeness (QED) is 0.233. The second kappa shape index (κ2) is 15.8. The molecule has 0 bridgehead atoms. The molecule has 12 heteroatoms. The number of phenols is 1. The van der Waals surface area contributed by atoms with E-state index < -0.39 is 6.09 Å². The Labute approximate surface area is 263 Å². The van der Waals surface area contributed by atoms with Crippen molar-refractivity contribution < 1.29 is 33.6 Å². The molecule has 242 valence electrons. The van der Waals surface area contributed by atoms with Gasteiger partial charge >= 0.3 is 6.09 Å². The lowest BCUT2D eigenvalue weighted by molar-refractivity contribution is -0.139. The van der Waals surface area contributed by atoms with Gasteiger partial charge in [0.1, 0.15) is 38.2 Å². The SMILES string of the molecule is COCO[C@H]1CN(c2ccc(O)c(-c3cc(C4CCC(CNC(=O)OCc5ccccc5)CC4)nc(N)n3)c2)C[C@@H]1OCOC. The molecule has 1 amide bonds. The van der Waals surface area contributed by atoms with Gasteiger partial charge in [0.2, 0.25) is 5.95 Å². The lowest BCUT2D eigenvalue weighted by Crippen LogP contribution is -2.31. The summed E-state index contributed by atoms with van der Waals surface area (Å²) in [5, 5.41) is 13.8. The molecule has 2 aliphatic rings. The van der Waals surface area contributed by atoms with Crippen LogP contribution in [-0.2, 0) is 30.3 Å². The third kappa shape index (κ3) is 8.82. The zero-order valence-electron chi connectivity index (χ0n) is 25.9. The van der Waals surface area contributed by atoms with Gasteiger partial charge in [0.05, 0.1) is 5.69 Å². The number of ether oxygens (including phenoxy) is 5. The molecular formula is C33H43N5O7. The number of methoxy groups -OCH3 is 2. The standard InChI is InChI=1S/C33H43N5O7/c1-41-20-44-30-17-38(18-31(30)45-21-42-2)25-12-13-29(39)26(14-25)28-15-27(36-32(34)37-28)24-10-8-22(9-11-24)16-35-33(40)43-19-23-6-4-3-5-7-23/h3-7,12-15,22,24,30-31,39H,8-11,16-21H2,1-2H3,(H,35,40)(H2,34,36,37)/t22?,24?,30-,31-/m0/s1. The van der Waals surface area contributed by atoms with E-state index in [1.807, 2.05) is 48.5 Å². The van der Waals surface area contributed by atoms with Gasteiger partial charge in [-0.1, -0.05) is 30.3 Å². The summed E-state index contributed by atoms with van der Waals surface area (Å²) < 4.78 is 27.3. The van der Waals surface area contributed by atoms with Crippen molar-refractivity contribution in [1.29, 1.82) is 0 Å². The van der Waals surface area contributed by atoms with Crippen LogP contribution in [0.1, 0.15) is 42.9 Å². The highest BCUT2D eigenvalue weighted by molar-refractivity contribution is 5.73. The van der Waals surface area contributed by atoms with Crippen LogP contribution in [0.3, 0.4) is 0 Å². The summed E-state index contributed by atoms with van der Waals surface area (Å²) in [6.07, 6.45) is 2.89. The fourth-order valence-corrected chi connectivity index (χ4v) is 6.01. The number of nitrogens with one attached hydrogen (secondary N) is 1. The zero-order valence-corrected chi connectivity index (χ0v) is 25.9. The van der Waals surface area contributed by atoms with Crippen LogP contribution in [0.4, 0.5) is 16.4 Å². The van der Waals surface area contributed by atoms with Gasteiger partial charge in [-0.25, -0.2) is 14.8 Å². The number of amides is 1. The van der Waals surface area contributed by atoms with Crippen LogP contribution in [0.25, 0.3) is 11.3 Å². The Kier molecular flexibility index (Phi) is 11.4. The Morgan fingerprint density at radius 2 is 1.64 bits per heavy atom. The van der Waals surface area contributed by atoms with E-state index >= 15 is 0 Å². The maximum atomic E-state index is 12.2. The fourth-order valence-electron chi connectivity index (χ4n) is 6.01. The summed E-state index contributed by atoms with van der Waals surface area (Å²) >= 11 is 0. The number of alkyl carbamates (subject to hydrolysis) is 1. The van der Waals surface area contributed by atoms with Crippen molar-refractivity contribution in [2.75, 3.05) is 58.1 Å². The Bertz CT molecular complexity index is 1370. The molecule has 0 unspecified atom stereocenters. The topological polar surface area (TPSA) is 151 Å². The summed E-state index contributed by atoms with van der Waals surface area (Å²) in [7, 11) is 3.17. The molecule has 4 N–H and O–H groups in total.